The van der Waals surface area contributed by atoms with E-state index in [2.05, 4.69) is 50.4 Å². The SMILES string of the molecule is CC1(C)COC2(CC[C@@]34Nc5ccccc5C5C[C@]6(C)C(=O)CC[C@H]6[C@H](CC[C@@]3(O)C2)C54)OC1. The van der Waals surface area contributed by atoms with Crippen LogP contribution in [0.25, 0.3) is 0 Å². The minimum absolute atomic E-state index is 0.0105. The van der Waals surface area contributed by atoms with Gasteiger partial charge in [0.15, 0.2) is 5.79 Å². The second-order valence-corrected chi connectivity index (χ2v) is 13.6. The molecule has 184 valence electrons. The average molecular weight is 466 g/mol. The number of benzene rings is 1. The van der Waals surface area contributed by atoms with Crippen molar-refractivity contribution in [2.75, 3.05) is 18.5 Å². The molecule has 6 aliphatic rings. The van der Waals surface area contributed by atoms with E-state index in [0.29, 0.717) is 49.1 Å². The minimum atomic E-state index is -0.893. The van der Waals surface area contributed by atoms with Crippen molar-refractivity contribution >= 4 is 11.5 Å². The molecule has 5 fully saturated rings. The highest BCUT2D eigenvalue weighted by Gasteiger charge is 2.72. The van der Waals surface area contributed by atoms with Gasteiger partial charge in [-0.1, -0.05) is 39.0 Å². The van der Waals surface area contributed by atoms with Crippen molar-refractivity contribution in [3.63, 3.8) is 0 Å². The van der Waals surface area contributed by atoms with E-state index in [0.717, 1.165) is 50.6 Å². The van der Waals surface area contributed by atoms with Crippen LogP contribution in [0.3, 0.4) is 0 Å². The molecule has 0 radical (unpaired) electrons. The Kier molecular flexibility index (Phi) is 4.27. The minimum Gasteiger partial charge on any atom is -0.387 e. The van der Waals surface area contributed by atoms with Crippen molar-refractivity contribution in [2.45, 2.75) is 95.0 Å². The number of fused-ring (bicyclic) bond motifs is 4. The fourth-order valence-electron chi connectivity index (χ4n) is 9.50. The van der Waals surface area contributed by atoms with Gasteiger partial charge < -0.3 is 19.9 Å². The summed E-state index contributed by atoms with van der Waals surface area (Å²) in [6, 6.07) is 8.66. The van der Waals surface area contributed by atoms with Crippen LogP contribution in [0, 0.1) is 28.6 Å². The predicted molar refractivity (Wildman–Crippen MR) is 129 cm³/mol. The van der Waals surface area contributed by atoms with Crippen molar-refractivity contribution in [1.82, 2.24) is 0 Å². The summed E-state index contributed by atoms with van der Waals surface area (Å²) in [5.41, 5.74) is 1.00. The molecule has 34 heavy (non-hydrogen) atoms. The molecular weight excluding hydrogens is 426 g/mol. The zero-order valence-corrected chi connectivity index (χ0v) is 20.9. The van der Waals surface area contributed by atoms with Gasteiger partial charge in [-0.05, 0) is 67.4 Å². The number of rotatable bonds is 0. The first-order valence-corrected chi connectivity index (χ1v) is 13.5. The molecule has 2 spiro atoms. The van der Waals surface area contributed by atoms with E-state index in [9.17, 15) is 9.90 Å². The molecule has 5 nitrogen and oxygen atoms in total. The van der Waals surface area contributed by atoms with E-state index >= 15 is 0 Å². The third-order valence-electron chi connectivity index (χ3n) is 11.1. The van der Waals surface area contributed by atoms with Crippen molar-refractivity contribution < 1.29 is 19.4 Å². The maximum absolute atomic E-state index is 13.2. The Morgan fingerprint density at radius 1 is 1.03 bits per heavy atom. The maximum Gasteiger partial charge on any atom is 0.171 e. The second kappa shape index (κ2) is 6.66. The molecule has 2 heterocycles. The molecule has 2 unspecified atom stereocenters. The smallest absolute Gasteiger partial charge is 0.171 e. The van der Waals surface area contributed by atoms with E-state index < -0.39 is 16.9 Å². The van der Waals surface area contributed by atoms with Crippen LogP contribution in [0.4, 0.5) is 5.69 Å². The van der Waals surface area contributed by atoms with Crippen molar-refractivity contribution in [3.8, 4) is 0 Å². The van der Waals surface area contributed by atoms with Gasteiger partial charge in [0.05, 0.1) is 24.4 Å². The zero-order valence-electron chi connectivity index (χ0n) is 20.9. The van der Waals surface area contributed by atoms with Crippen LogP contribution in [0.2, 0.25) is 0 Å². The van der Waals surface area contributed by atoms with Crippen LogP contribution in [0.1, 0.15) is 83.6 Å². The van der Waals surface area contributed by atoms with Crippen LogP contribution < -0.4 is 5.32 Å². The molecule has 4 saturated carbocycles. The molecule has 0 bridgehead atoms. The monoisotopic (exact) mass is 465 g/mol. The van der Waals surface area contributed by atoms with E-state index in [1.807, 2.05) is 0 Å². The molecule has 1 aromatic rings. The Morgan fingerprint density at radius 3 is 2.59 bits per heavy atom. The Hall–Kier alpha value is -1.43. The maximum atomic E-state index is 13.2. The lowest BCUT2D eigenvalue weighted by Gasteiger charge is -2.69. The first-order valence-electron chi connectivity index (χ1n) is 13.5. The predicted octanol–water partition coefficient (Wildman–Crippen LogP) is 5.03. The number of ether oxygens (including phenoxy) is 2. The standard InChI is InChI=1S/C29H39NO4/c1-25(2)16-33-28(34-17-25)12-13-29-24-19(10-11-27(29,32)15-28)21-8-9-23(31)26(21,3)14-20(24)18-6-4-5-7-22(18)30-29/h4-7,19-21,24,30,32H,8-17H2,1-3H3/t19-,20?,21-,24?,26-,27+,29-/m0/s1. The Balaban J connectivity index is 1.33. The third-order valence-corrected chi connectivity index (χ3v) is 11.1. The first kappa shape index (κ1) is 21.8. The number of anilines is 1. The quantitative estimate of drug-likeness (QED) is 0.562. The Morgan fingerprint density at radius 2 is 1.79 bits per heavy atom. The molecule has 4 aliphatic carbocycles. The summed E-state index contributed by atoms with van der Waals surface area (Å²) in [5.74, 6) is 1.34. The van der Waals surface area contributed by atoms with Gasteiger partial charge in [-0.25, -0.2) is 0 Å². The number of Topliss-reactive ketones (excluding diaryl/α,β-unsaturated/α-hetero) is 1. The van der Waals surface area contributed by atoms with Gasteiger partial charge >= 0.3 is 0 Å². The summed E-state index contributed by atoms with van der Waals surface area (Å²) in [7, 11) is 0. The lowest BCUT2D eigenvalue weighted by molar-refractivity contribution is -0.342. The Labute approximate surface area is 203 Å². The summed E-state index contributed by atoms with van der Waals surface area (Å²) in [4.78, 5) is 13.2. The van der Waals surface area contributed by atoms with E-state index in [-0.39, 0.29) is 10.8 Å². The molecular formula is C29H39NO4. The summed E-state index contributed by atoms with van der Waals surface area (Å²) in [6.45, 7) is 7.95. The fraction of sp³-hybridized carbons (Fsp3) is 0.759. The first-order chi connectivity index (χ1) is 16.1. The number of hydrogen-bond donors (Lipinski definition) is 2. The largest absolute Gasteiger partial charge is 0.387 e. The zero-order chi connectivity index (χ0) is 23.6. The van der Waals surface area contributed by atoms with Gasteiger partial charge in [0, 0.05) is 35.8 Å². The molecule has 7 rings (SSSR count). The van der Waals surface area contributed by atoms with Gasteiger partial charge in [-0.15, -0.1) is 0 Å². The van der Waals surface area contributed by atoms with E-state index in [4.69, 9.17) is 9.47 Å². The van der Waals surface area contributed by atoms with Crippen LogP contribution in [0.15, 0.2) is 24.3 Å². The molecule has 2 aliphatic heterocycles. The van der Waals surface area contributed by atoms with Crippen molar-refractivity contribution in [1.29, 1.82) is 0 Å². The number of ketones is 1. The average Bonchev–Trinajstić information content (AvgIpc) is 3.11. The number of carbonyl (C=O) groups is 1. The number of nitrogens with one attached hydrogen (secondary N) is 1. The molecule has 0 aromatic heterocycles. The van der Waals surface area contributed by atoms with Crippen LogP contribution >= 0.6 is 0 Å². The highest BCUT2D eigenvalue weighted by Crippen LogP contribution is 2.70. The molecule has 1 aromatic carbocycles. The van der Waals surface area contributed by atoms with Crippen LogP contribution in [-0.4, -0.2) is 41.0 Å². The molecule has 2 N–H and O–H groups in total. The van der Waals surface area contributed by atoms with Crippen LogP contribution in [-0.2, 0) is 14.3 Å². The normalized spacial score (nSPS) is 47.7. The summed E-state index contributed by atoms with van der Waals surface area (Å²) in [5, 5.41) is 16.6. The summed E-state index contributed by atoms with van der Waals surface area (Å²) >= 11 is 0. The van der Waals surface area contributed by atoms with Gasteiger partial charge in [0.2, 0.25) is 0 Å². The lowest BCUT2D eigenvalue weighted by Crippen LogP contribution is -2.76. The number of carbonyl (C=O) groups excluding carboxylic acids is 1. The van der Waals surface area contributed by atoms with Gasteiger partial charge in [0.1, 0.15) is 5.78 Å². The highest BCUT2D eigenvalue weighted by atomic mass is 16.7. The lowest BCUT2D eigenvalue weighted by atomic mass is 9.41. The van der Waals surface area contributed by atoms with Gasteiger partial charge in [-0.2, -0.15) is 0 Å². The van der Waals surface area contributed by atoms with Crippen molar-refractivity contribution in [3.05, 3.63) is 29.8 Å². The summed E-state index contributed by atoms with van der Waals surface area (Å²) in [6.07, 6.45) is 6.56. The van der Waals surface area contributed by atoms with Gasteiger partial charge in [-0.3, -0.25) is 4.79 Å². The molecule has 1 saturated heterocycles. The van der Waals surface area contributed by atoms with Gasteiger partial charge in [0.25, 0.3) is 0 Å². The number of para-hydroxylation sites is 1. The Bertz CT molecular complexity index is 1040. The van der Waals surface area contributed by atoms with E-state index in [1.165, 1.54) is 5.56 Å². The number of hydrogen-bond acceptors (Lipinski definition) is 5. The summed E-state index contributed by atoms with van der Waals surface area (Å²) < 4.78 is 12.8. The number of aliphatic hydroxyl groups is 1. The second-order valence-electron chi connectivity index (χ2n) is 13.6. The molecule has 0 amide bonds. The molecule has 7 atom stereocenters. The van der Waals surface area contributed by atoms with Crippen LogP contribution in [0.5, 0.6) is 0 Å². The van der Waals surface area contributed by atoms with E-state index in [1.54, 1.807) is 0 Å². The molecule has 5 heteroatoms. The fourth-order valence-corrected chi connectivity index (χ4v) is 9.50. The third kappa shape index (κ3) is 2.64. The highest BCUT2D eigenvalue weighted by molar-refractivity contribution is 5.87. The topological polar surface area (TPSA) is 67.8 Å². The van der Waals surface area contributed by atoms with Crippen molar-refractivity contribution in [2.24, 2.45) is 28.6 Å².